The van der Waals surface area contributed by atoms with E-state index in [-0.39, 0.29) is 6.42 Å². The fraction of sp³-hybridized carbons (Fsp3) is 0.583. The van der Waals surface area contributed by atoms with E-state index in [1.54, 1.807) is 26.8 Å². The predicted molar refractivity (Wildman–Crippen MR) is 64.5 cm³/mol. The minimum atomic E-state index is -0.866. The van der Waals surface area contributed by atoms with Crippen LogP contribution in [0.1, 0.15) is 27.2 Å². The highest BCUT2D eigenvalue weighted by molar-refractivity contribution is 5.81. The van der Waals surface area contributed by atoms with Crippen molar-refractivity contribution >= 4 is 12.1 Å². The number of amides is 1. The average molecular weight is 254 g/mol. The van der Waals surface area contributed by atoms with Gasteiger partial charge in [0.05, 0.1) is 13.2 Å². The first-order valence-electron chi connectivity index (χ1n) is 5.42. The standard InChI is InChI=1S/C12H18N2O4/c1-12(2,3)18-11(16)14-9(10(15)17-4)7-5-6-8-13/h5-6,9H,7H2,1-4H3,(H,14,16)/b6-5-. The molecule has 100 valence electrons. The van der Waals surface area contributed by atoms with Crippen LogP contribution in [0.3, 0.4) is 0 Å². The van der Waals surface area contributed by atoms with Crippen molar-refractivity contribution in [3.05, 3.63) is 12.2 Å². The predicted octanol–water partition coefficient (Wildman–Crippen LogP) is 1.52. The van der Waals surface area contributed by atoms with Crippen molar-refractivity contribution in [2.24, 2.45) is 0 Å². The Balaban J connectivity index is 4.50. The maximum atomic E-state index is 11.5. The summed E-state index contributed by atoms with van der Waals surface area (Å²) >= 11 is 0. The van der Waals surface area contributed by atoms with E-state index in [2.05, 4.69) is 10.1 Å². The molecule has 0 spiro atoms. The average Bonchev–Trinajstić information content (AvgIpc) is 2.24. The molecule has 18 heavy (non-hydrogen) atoms. The summed E-state index contributed by atoms with van der Waals surface area (Å²) in [6, 6.07) is 0.929. The van der Waals surface area contributed by atoms with Gasteiger partial charge < -0.3 is 14.8 Å². The lowest BCUT2D eigenvalue weighted by atomic mass is 10.2. The topological polar surface area (TPSA) is 88.4 Å². The first-order chi connectivity index (χ1) is 8.30. The number of alkyl carbamates (subject to hydrolysis) is 1. The van der Waals surface area contributed by atoms with Crippen molar-refractivity contribution in [1.29, 1.82) is 5.26 Å². The van der Waals surface area contributed by atoms with Gasteiger partial charge in [-0.3, -0.25) is 0 Å². The molecule has 0 aromatic carbocycles. The maximum absolute atomic E-state index is 11.5. The summed E-state index contributed by atoms with van der Waals surface area (Å²) in [5.41, 5.74) is -0.646. The molecule has 6 heteroatoms. The second-order valence-corrected chi connectivity index (χ2v) is 4.49. The summed E-state index contributed by atoms with van der Waals surface area (Å²) < 4.78 is 9.57. The molecule has 1 unspecified atom stereocenters. The molecule has 1 N–H and O–H groups in total. The number of carbonyl (C=O) groups excluding carboxylic acids is 2. The van der Waals surface area contributed by atoms with Gasteiger partial charge in [0.25, 0.3) is 0 Å². The molecular weight excluding hydrogens is 236 g/mol. The van der Waals surface area contributed by atoms with Crippen molar-refractivity contribution in [2.45, 2.75) is 38.8 Å². The zero-order valence-electron chi connectivity index (χ0n) is 11.0. The molecule has 0 saturated carbocycles. The van der Waals surface area contributed by atoms with Gasteiger partial charge in [-0.05, 0) is 27.2 Å². The van der Waals surface area contributed by atoms with Crippen molar-refractivity contribution in [3.8, 4) is 6.07 Å². The SMILES string of the molecule is COC(=O)C(C/C=C\C#N)NC(=O)OC(C)(C)C. The fourth-order valence-corrected chi connectivity index (χ4v) is 1.06. The summed E-state index contributed by atoms with van der Waals surface area (Å²) in [7, 11) is 1.22. The third-order valence-electron chi connectivity index (χ3n) is 1.74. The van der Waals surface area contributed by atoms with E-state index in [1.807, 2.05) is 0 Å². The molecule has 0 aliphatic rings. The molecule has 0 aromatic heterocycles. The summed E-state index contributed by atoms with van der Waals surface area (Å²) in [6.45, 7) is 5.15. The quantitative estimate of drug-likeness (QED) is 0.607. The van der Waals surface area contributed by atoms with Gasteiger partial charge in [-0.1, -0.05) is 6.08 Å². The van der Waals surface area contributed by atoms with Crippen LogP contribution in [0.5, 0.6) is 0 Å². The Morgan fingerprint density at radius 3 is 2.50 bits per heavy atom. The summed E-state index contributed by atoms with van der Waals surface area (Å²) in [5, 5.41) is 10.7. The van der Waals surface area contributed by atoms with Crippen LogP contribution in [0.15, 0.2) is 12.2 Å². The minimum absolute atomic E-state index is 0.166. The number of nitrogens with one attached hydrogen (secondary N) is 1. The van der Waals surface area contributed by atoms with Crippen molar-refractivity contribution < 1.29 is 19.1 Å². The number of nitriles is 1. The van der Waals surface area contributed by atoms with Crippen LogP contribution in [0.25, 0.3) is 0 Å². The number of hydrogen-bond acceptors (Lipinski definition) is 5. The molecule has 6 nitrogen and oxygen atoms in total. The smallest absolute Gasteiger partial charge is 0.408 e. The third-order valence-corrected chi connectivity index (χ3v) is 1.74. The molecule has 0 bridgehead atoms. The molecule has 0 fully saturated rings. The lowest BCUT2D eigenvalue weighted by molar-refractivity contribution is -0.143. The second-order valence-electron chi connectivity index (χ2n) is 4.49. The number of rotatable bonds is 4. The van der Waals surface area contributed by atoms with E-state index in [9.17, 15) is 9.59 Å². The van der Waals surface area contributed by atoms with E-state index in [1.165, 1.54) is 19.3 Å². The van der Waals surface area contributed by atoms with Crippen LogP contribution in [0.2, 0.25) is 0 Å². The Bertz CT molecular complexity index is 363. The number of ether oxygens (including phenoxy) is 2. The van der Waals surface area contributed by atoms with Gasteiger partial charge in [0.15, 0.2) is 0 Å². The second kappa shape index (κ2) is 7.33. The summed E-state index contributed by atoms with van der Waals surface area (Å²) in [4.78, 5) is 22.9. The molecule has 0 aliphatic heterocycles. The Morgan fingerprint density at radius 1 is 1.44 bits per heavy atom. The number of methoxy groups -OCH3 is 1. The number of hydrogen-bond donors (Lipinski definition) is 1. The van der Waals surface area contributed by atoms with E-state index in [0.29, 0.717) is 0 Å². The highest BCUT2D eigenvalue weighted by Gasteiger charge is 2.23. The monoisotopic (exact) mass is 254 g/mol. The highest BCUT2D eigenvalue weighted by atomic mass is 16.6. The van der Waals surface area contributed by atoms with E-state index >= 15 is 0 Å². The van der Waals surface area contributed by atoms with Gasteiger partial charge in [0.1, 0.15) is 11.6 Å². The molecule has 0 aliphatic carbocycles. The van der Waals surface area contributed by atoms with Crippen LogP contribution < -0.4 is 5.32 Å². The largest absolute Gasteiger partial charge is 0.467 e. The van der Waals surface area contributed by atoms with Crippen molar-refractivity contribution in [2.75, 3.05) is 7.11 Å². The lowest BCUT2D eigenvalue weighted by Gasteiger charge is -2.22. The Kier molecular flexibility index (Phi) is 6.50. The zero-order chi connectivity index (χ0) is 14.2. The molecule has 0 radical (unpaired) electrons. The van der Waals surface area contributed by atoms with Crippen LogP contribution in [-0.2, 0) is 14.3 Å². The van der Waals surface area contributed by atoms with Crippen LogP contribution >= 0.6 is 0 Å². The first-order valence-corrected chi connectivity index (χ1v) is 5.42. The molecule has 1 amide bonds. The molecule has 0 saturated heterocycles. The maximum Gasteiger partial charge on any atom is 0.408 e. The van der Waals surface area contributed by atoms with E-state index in [0.717, 1.165) is 0 Å². The number of esters is 1. The van der Waals surface area contributed by atoms with Gasteiger partial charge in [-0.2, -0.15) is 5.26 Å². The van der Waals surface area contributed by atoms with Gasteiger partial charge in [-0.25, -0.2) is 9.59 Å². The normalized spacial score (nSPS) is 12.6. The van der Waals surface area contributed by atoms with Crippen molar-refractivity contribution in [3.63, 3.8) is 0 Å². The third kappa shape index (κ3) is 7.28. The fourth-order valence-electron chi connectivity index (χ4n) is 1.06. The van der Waals surface area contributed by atoms with Gasteiger partial charge in [0, 0.05) is 6.08 Å². The van der Waals surface area contributed by atoms with Crippen molar-refractivity contribution in [1.82, 2.24) is 5.32 Å². The molecule has 0 rings (SSSR count). The number of nitrogens with zero attached hydrogens (tertiary/aromatic N) is 1. The van der Waals surface area contributed by atoms with E-state index in [4.69, 9.17) is 10.00 Å². The minimum Gasteiger partial charge on any atom is -0.467 e. The lowest BCUT2D eigenvalue weighted by Crippen LogP contribution is -2.43. The number of carbonyl (C=O) groups is 2. The zero-order valence-corrected chi connectivity index (χ0v) is 11.0. The molecule has 0 aromatic rings. The highest BCUT2D eigenvalue weighted by Crippen LogP contribution is 2.07. The van der Waals surface area contributed by atoms with Crippen LogP contribution in [0, 0.1) is 11.3 Å². The van der Waals surface area contributed by atoms with Gasteiger partial charge in [0.2, 0.25) is 0 Å². The van der Waals surface area contributed by atoms with Gasteiger partial charge in [-0.15, -0.1) is 0 Å². The Labute approximate surface area is 107 Å². The first kappa shape index (κ1) is 16.0. The van der Waals surface area contributed by atoms with Gasteiger partial charge >= 0.3 is 12.1 Å². The Hall–Kier alpha value is -2.03. The van der Waals surface area contributed by atoms with Crippen LogP contribution in [0.4, 0.5) is 4.79 Å². The number of allylic oxidation sites excluding steroid dienone is 1. The summed E-state index contributed by atoms with van der Waals surface area (Å²) in [6.07, 6.45) is 2.16. The summed E-state index contributed by atoms with van der Waals surface area (Å²) in [5.74, 6) is -0.594. The molecule has 0 heterocycles. The Morgan fingerprint density at radius 2 is 2.06 bits per heavy atom. The molecule has 1 atom stereocenters. The van der Waals surface area contributed by atoms with E-state index < -0.39 is 23.7 Å². The molecular formula is C12H18N2O4. The van der Waals surface area contributed by atoms with Crippen LogP contribution in [-0.4, -0.2) is 30.8 Å².